The number of methoxy groups -OCH3 is 1. The minimum atomic E-state index is 0.652. The summed E-state index contributed by atoms with van der Waals surface area (Å²) in [6.45, 7) is 3.78. The maximum Gasteiger partial charge on any atom is 0.124 e. The van der Waals surface area contributed by atoms with Gasteiger partial charge in [-0.15, -0.1) is 0 Å². The summed E-state index contributed by atoms with van der Waals surface area (Å²) in [6, 6.07) is 6.22. The second kappa shape index (κ2) is 8.02. The highest BCUT2D eigenvalue weighted by atomic mass is 16.5. The highest BCUT2D eigenvalue weighted by Gasteiger charge is 2.12. The molecule has 1 N–H and O–H groups in total. The van der Waals surface area contributed by atoms with Crippen LogP contribution in [0.5, 0.6) is 5.75 Å². The van der Waals surface area contributed by atoms with Crippen LogP contribution in [-0.2, 0) is 15.9 Å². The lowest BCUT2D eigenvalue weighted by Crippen LogP contribution is -2.13. The molecule has 1 aromatic carbocycles. The average Bonchev–Trinajstić information content (AvgIpc) is 2.46. The van der Waals surface area contributed by atoms with Crippen LogP contribution < -0.4 is 10.1 Å². The second-order valence-corrected chi connectivity index (χ2v) is 4.62. The van der Waals surface area contributed by atoms with E-state index in [4.69, 9.17) is 14.2 Å². The monoisotopic (exact) mass is 265 g/mol. The molecule has 1 aromatic rings. The number of hydrogen-bond acceptors (Lipinski definition) is 4. The molecule has 1 aliphatic rings. The van der Waals surface area contributed by atoms with Gasteiger partial charge in [-0.05, 0) is 25.0 Å². The molecule has 0 bridgehead atoms. The van der Waals surface area contributed by atoms with E-state index in [1.807, 2.05) is 6.07 Å². The maximum absolute atomic E-state index is 5.86. The molecule has 0 amide bonds. The Labute approximate surface area is 115 Å². The summed E-state index contributed by atoms with van der Waals surface area (Å²) in [5.41, 5.74) is 2.54. The third-order valence-corrected chi connectivity index (χ3v) is 3.17. The summed E-state index contributed by atoms with van der Waals surface area (Å²) >= 11 is 0. The molecule has 0 fully saturated rings. The Morgan fingerprint density at radius 1 is 1.16 bits per heavy atom. The van der Waals surface area contributed by atoms with E-state index in [1.54, 1.807) is 7.11 Å². The van der Waals surface area contributed by atoms with Crippen LogP contribution in [0.25, 0.3) is 0 Å². The number of fused-ring (bicyclic) bond motifs is 1. The van der Waals surface area contributed by atoms with Crippen molar-refractivity contribution in [3.8, 4) is 5.75 Å². The molecule has 0 saturated carbocycles. The van der Waals surface area contributed by atoms with Gasteiger partial charge in [0, 0.05) is 37.9 Å². The Balaban J connectivity index is 1.71. The van der Waals surface area contributed by atoms with Crippen molar-refractivity contribution in [1.82, 2.24) is 0 Å². The van der Waals surface area contributed by atoms with Gasteiger partial charge in [-0.2, -0.15) is 0 Å². The lowest BCUT2D eigenvalue weighted by atomic mass is 10.0. The van der Waals surface area contributed by atoms with Crippen LogP contribution in [-0.4, -0.2) is 40.1 Å². The summed E-state index contributed by atoms with van der Waals surface area (Å²) in [7, 11) is 1.68. The topological polar surface area (TPSA) is 39.7 Å². The molecule has 1 aliphatic heterocycles. The first kappa shape index (κ1) is 14.2. The standard InChI is InChI=1S/C15H23NO3/c1-17-11-12-18-9-4-10-19-15-7-2-6-14-13(15)5-3-8-16-14/h2,6-7,16H,3-5,8-12H2,1H3. The van der Waals surface area contributed by atoms with E-state index in [0.717, 1.165) is 31.7 Å². The molecule has 106 valence electrons. The summed E-state index contributed by atoms with van der Waals surface area (Å²) < 4.78 is 16.2. The van der Waals surface area contributed by atoms with Crippen LogP contribution in [0.2, 0.25) is 0 Å². The highest BCUT2D eigenvalue weighted by molar-refractivity contribution is 5.58. The lowest BCUT2D eigenvalue weighted by molar-refractivity contribution is 0.0644. The SMILES string of the molecule is COCCOCCCOc1cccc2c1CCCN2. The number of rotatable bonds is 8. The van der Waals surface area contributed by atoms with Crippen molar-refractivity contribution in [2.75, 3.05) is 45.4 Å². The molecule has 0 spiro atoms. The molecular formula is C15H23NO3. The molecular weight excluding hydrogens is 242 g/mol. The molecule has 0 unspecified atom stereocenters. The fourth-order valence-electron chi connectivity index (χ4n) is 2.20. The fraction of sp³-hybridized carbons (Fsp3) is 0.600. The second-order valence-electron chi connectivity index (χ2n) is 4.62. The van der Waals surface area contributed by atoms with Crippen molar-refractivity contribution in [1.29, 1.82) is 0 Å². The Hall–Kier alpha value is -1.26. The van der Waals surface area contributed by atoms with Gasteiger partial charge in [0.05, 0.1) is 19.8 Å². The van der Waals surface area contributed by atoms with Crippen molar-refractivity contribution in [2.45, 2.75) is 19.3 Å². The van der Waals surface area contributed by atoms with Gasteiger partial charge in [-0.3, -0.25) is 0 Å². The van der Waals surface area contributed by atoms with Crippen LogP contribution in [0.3, 0.4) is 0 Å². The van der Waals surface area contributed by atoms with E-state index in [2.05, 4.69) is 17.4 Å². The van der Waals surface area contributed by atoms with E-state index in [0.29, 0.717) is 19.8 Å². The third kappa shape index (κ3) is 4.40. The minimum Gasteiger partial charge on any atom is -0.493 e. The van der Waals surface area contributed by atoms with Crippen molar-refractivity contribution in [3.63, 3.8) is 0 Å². The zero-order valence-corrected chi connectivity index (χ0v) is 11.6. The molecule has 1 heterocycles. The van der Waals surface area contributed by atoms with Gasteiger partial charge >= 0.3 is 0 Å². The van der Waals surface area contributed by atoms with Crippen molar-refractivity contribution >= 4 is 5.69 Å². The predicted molar refractivity (Wildman–Crippen MR) is 76.1 cm³/mol. The largest absolute Gasteiger partial charge is 0.493 e. The summed E-state index contributed by atoms with van der Waals surface area (Å²) in [5.74, 6) is 1.02. The first-order valence-electron chi connectivity index (χ1n) is 6.97. The number of hydrogen-bond donors (Lipinski definition) is 1. The highest BCUT2D eigenvalue weighted by Crippen LogP contribution is 2.30. The van der Waals surface area contributed by atoms with Crippen LogP contribution in [0.4, 0.5) is 5.69 Å². The van der Waals surface area contributed by atoms with E-state index in [9.17, 15) is 0 Å². The number of nitrogens with one attached hydrogen (secondary N) is 1. The van der Waals surface area contributed by atoms with Gasteiger partial charge in [0.25, 0.3) is 0 Å². The van der Waals surface area contributed by atoms with Crippen molar-refractivity contribution in [3.05, 3.63) is 23.8 Å². The summed E-state index contributed by atoms with van der Waals surface area (Å²) in [4.78, 5) is 0. The van der Waals surface area contributed by atoms with Crippen molar-refractivity contribution < 1.29 is 14.2 Å². The third-order valence-electron chi connectivity index (χ3n) is 3.17. The van der Waals surface area contributed by atoms with Crippen LogP contribution >= 0.6 is 0 Å². The van der Waals surface area contributed by atoms with Gasteiger partial charge in [-0.1, -0.05) is 6.07 Å². The van der Waals surface area contributed by atoms with Gasteiger partial charge < -0.3 is 19.5 Å². The Kier molecular flexibility index (Phi) is 5.98. The van der Waals surface area contributed by atoms with Crippen molar-refractivity contribution in [2.24, 2.45) is 0 Å². The first-order chi connectivity index (χ1) is 9.42. The van der Waals surface area contributed by atoms with E-state index in [-0.39, 0.29) is 0 Å². The molecule has 4 nitrogen and oxygen atoms in total. The van der Waals surface area contributed by atoms with Crippen LogP contribution in [0, 0.1) is 0 Å². The Morgan fingerprint density at radius 3 is 3.00 bits per heavy atom. The summed E-state index contributed by atoms with van der Waals surface area (Å²) in [5, 5.41) is 3.41. The molecule has 0 atom stereocenters. The van der Waals surface area contributed by atoms with Gasteiger partial charge in [-0.25, -0.2) is 0 Å². The quantitative estimate of drug-likeness (QED) is 0.733. The zero-order valence-electron chi connectivity index (χ0n) is 11.6. The number of benzene rings is 1. The van der Waals surface area contributed by atoms with Gasteiger partial charge in [0.15, 0.2) is 0 Å². The fourth-order valence-corrected chi connectivity index (χ4v) is 2.20. The number of anilines is 1. The van der Waals surface area contributed by atoms with E-state index >= 15 is 0 Å². The van der Waals surface area contributed by atoms with E-state index in [1.165, 1.54) is 17.7 Å². The maximum atomic E-state index is 5.86. The number of ether oxygens (including phenoxy) is 3. The van der Waals surface area contributed by atoms with E-state index < -0.39 is 0 Å². The Bertz CT molecular complexity index is 382. The summed E-state index contributed by atoms with van der Waals surface area (Å²) in [6.07, 6.45) is 3.18. The average molecular weight is 265 g/mol. The molecule has 0 radical (unpaired) electrons. The molecule has 0 saturated heterocycles. The minimum absolute atomic E-state index is 0.652. The molecule has 19 heavy (non-hydrogen) atoms. The van der Waals surface area contributed by atoms with Crippen LogP contribution in [0.1, 0.15) is 18.4 Å². The van der Waals surface area contributed by atoms with Crippen LogP contribution in [0.15, 0.2) is 18.2 Å². The molecule has 0 aromatic heterocycles. The normalized spacial score (nSPS) is 13.7. The smallest absolute Gasteiger partial charge is 0.124 e. The first-order valence-corrected chi connectivity index (χ1v) is 6.97. The zero-order chi connectivity index (χ0) is 13.3. The Morgan fingerprint density at radius 2 is 2.11 bits per heavy atom. The van der Waals surface area contributed by atoms with Gasteiger partial charge in [0.2, 0.25) is 0 Å². The predicted octanol–water partition coefficient (Wildman–Crippen LogP) is 2.48. The molecule has 2 rings (SSSR count). The lowest BCUT2D eigenvalue weighted by Gasteiger charge is -2.20. The molecule has 0 aliphatic carbocycles. The van der Waals surface area contributed by atoms with Gasteiger partial charge in [0.1, 0.15) is 5.75 Å². The molecule has 4 heteroatoms.